The Kier molecular flexibility index (Phi) is 3.72. The van der Waals surface area contributed by atoms with E-state index in [0.717, 1.165) is 43.4 Å². The third kappa shape index (κ3) is 2.06. The van der Waals surface area contributed by atoms with Crippen LogP contribution in [0.25, 0.3) is 0 Å². The lowest BCUT2D eigenvalue weighted by Gasteiger charge is -2.62. The summed E-state index contributed by atoms with van der Waals surface area (Å²) in [6.07, 6.45) is 10.0. The highest BCUT2D eigenvalue weighted by Gasteiger charge is 2.62. The number of Topliss-reactive ketones (excluding diaryl/α,β-unsaturated/α-hetero) is 1. The summed E-state index contributed by atoms with van der Waals surface area (Å²) in [5.74, 6) is 4.17. The maximum Gasteiger partial charge on any atom is 0.133 e. The Balaban J connectivity index is 1.70. The highest BCUT2D eigenvalue weighted by molar-refractivity contribution is 5.79. The predicted molar refractivity (Wildman–Crippen MR) is 91.9 cm³/mol. The molecule has 2 heteroatoms. The van der Waals surface area contributed by atoms with Gasteiger partial charge in [0.25, 0.3) is 0 Å². The van der Waals surface area contributed by atoms with E-state index in [1.165, 1.54) is 32.1 Å². The molecule has 2 nitrogen and oxygen atoms in total. The Bertz CT molecular complexity index is 498. The minimum absolute atomic E-state index is 0.0749. The first-order chi connectivity index (χ1) is 10.9. The first-order valence-electron chi connectivity index (χ1n) is 10.1. The summed E-state index contributed by atoms with van der Waals surface area (Å²) in [7, 11) is 0. The summed E-state index contributed by atoms with van der Waals surface area (Å²) in [5.41, 5.74) is 0.586. The number of rotatable bonds is 1. The molecule has 4 unspecified atom stereocenters. The molecule has 4 rings (SSSR count). The molecule has 0 saturated heterocycles. The molecule has 130 valence electrons. The van der Waals surface area contributed by atoms with Crippen molar-refractivity contribution in [3.8, 4) is 0 Å². The van der Waals surface area contributed by atoms with Crippen molar-refractivity contribution in [2.75, 3.05) is 0 Å². The molecule has 0 radical (unpaired) electrons. The normalized spacial score (nSPS) is 52.9. The Labute approximate surface area is 141 Å². The molecule has 0 aromatic carbocycles. The molecule has 4 aliphatic carbocycles. The van der Waals surface area contributed by atoms with Gasteiger partial charge in [0.05, 0.1) is 6.10 Å². The zero-order valence-electron chi connectivity index (χ0n) is 15.2. The van der Waals surface area contributed by atoms with Crippen LogP contribution in [0, 0.1) is 40.4 Å². The van der Waals surface area contributed by atoms with Crippen LogP contribution in [0.1, 0.15) is 78.6 Å². The molecule has 4 aliphatic rings. The molecule has 0 bridgehead atoms. The van der Waals surface area contributed by atoms with Crippen LogP contribution < -0.4 is 0 Å². The molecule has 7 atom stereocenters. The Morgan fingerprint density at radius 1 is 1.04 bits per heavy atom. The quantitative estimate of drug-likeness (QED) is 0.767. The van der Waals surface area contributed by atoms with Gasteiger partial charge in [-0.1, -0.05) is 20.8 Å². The first kappa shape index (κ1) is 16.1. The first-order valence-corrected chi connectivity index (χ1v) is 10.1. The Morgan fingerprint density at radius 3 is 2.57 bits per heavy atom. The fraction of sp³-hybridized carbons (Fsp3) is 0.952. The lowest BCUT2D eigenvalue weighted by Crippen LogP contribution is -2.57. The summed E-state index contributed by atoms with van der Waals surface area (Å²) >= 11 is 0. The van der Waals surface area contributed by atoms with Crippen LogP contribution in [0.4, 0.5) is 0 Å². The van der Waals surface area contributed by atoms with Gasteiger partial charge < -0.3 is 5.11 Å². The number of fused-ring (bicyclic) bond motifs is 5. The number of aliphatic hydroxyl groups is 1. The van der Waals surface area contributed by atoms with Crippen LogP contribution in [0.3, 0.4) is 0 Å². The summed E-state index contributed by atoms with van der Waals surface area (Å²) in [4.78, 5) is 12.1. The van der Waals surface area contributed by atoms with E-state index in [1.54, 1.807) is 0 Å². The van der Waals surface area contributed by atoms with Gasteiger partial charge in [0, 0.05) is 12.8 Å². The molecular formula is C21H34O2. The van der Waals surface area contributed by atoms with E-state index >= 15 is 0 Å². The van der Waals surface area contributed by atoms with Crippen molar-refractivity contribution >= 4 is 5.78 Å². The van der Waals surface area contributed by atoms with Crippen LogP contribution in [0.2, 0.25) is 0 Å². The molecule has 0 spiro atoms. The van der Waals surface area contributed by atoms with Crippen molar-refractivity contribution in [1.29, 1.82) is 0 Å². The maximum atomic E-state index is 12.1. The molecule has 23 heavy (non-hydrogen) atoms. The largest absolute Gasteiger partial charge is 0.393 e. The van der Waals surface area contributed by atoms with Gasteiger partial charge in [-0.2, -0.15) is 0 Å². The van der Waals surface area contributed by atoms with Crippen molar-refractivity contribution in [1.82, 2.24) is 0 Å². The highest BCUT2D eigenvalue weighted by atomic mass is 16.3. The standard InChI is InChI=1S/C21H34O2/c1-13(2)21-11-8-15(22)12-14(21)4-5-16-17-6-7-19(23)20(17,3)10-9-18(16)21/h13-14,16-19,23H,4-12H2,1-3H3/t14?,16?,17?,18-,19?,20-,21+/m0/s1. The zero-order valence-corrected chi connectivity index (χ0v) is 15.2. The van der Waals surface area contributed by atoms with E-state index in [-0.39, 0.29) is 11.5 Å². The van der Waals surface area contributed by atoms with Crippen LogP contribution in [-0.2, 0) is 4.79 Å². The minimum Gasteiger partial charge on any atom is -0.393 e. The van der Waals surface area contributed by atoms with Gasteiger partial charge in [-0.05, 0) is 85.4 Å². The van der Waals surface area contributed by atoms with Crippen LogP contribution >= 0.6 is 0 Å². The van der Waals surface area contributed by atoms with E-state index in [0.29, 0.717) is 23.0 Å². The van der Waals surface area contributed by atoms with Crippen LogP contribution in [0.5, 0.6) is 0 Å². The SMILES string of the molecule is CC(C)[C@]12CCC(=O)CC1CCC1C3CCC(O)[C@@]3(C)CC[C@@H]12. The van der Waals surface area contributed by atoms with E-state index < -0.39 is 0 Å². The summed E-state index contributed by atoms with van der Waals surface area (Å²) in [5, 5.41) is 10.6. The second-order valence-electron chi connectivity index (χ2n) is 9.80. The number of carbonyl (C=O) groups excluding carboxylic acids is 1. The Hall–Kier alpha value is -0.370. The maximum absolute atomic E-state index is 12.1. The minimum atomic E-state index is -0.0749. The van der Waals surface area contributed by atoms with E-state index in [4.69, 9.17) is 0 Å². The average Bonchev–Trinajstić information content (AvgIpc) is 2.82. The predicted octanol–water partition coefficient (Wildman–Crippen LogP) is 4.60. The molecule has 0 amide bonds. The lowest BCUT2D eigenvalue weighted by atomic mass is 9.42. The number of carbonyl (C=O) groups is 1. The third-order valence-electron chi connectivity index (χ3n) is 9.07. The van der Waals surface area contributed by atoms with Crippen molar-refractivity contribution in [2.24, 2.45) is 40.4 Å². The van der Waals surface area contributed by atoms with E-state index in [1.807, 2.05) is 0 Å². The van der Waals surface area contributed by atoms with Crippen molar-refractivity contribution in [3.63, 3.8) is 0 Å². The Morgan fingerprint density at radius 2 is 1.83 bits per heavy atom. The van der Waals surface area contributed by atoms with Gasteiger partial charge in [-0.15, -0.1) is 0 Å². The fourth-order valence-corrected chi connectivity index (χ4v) is 7.90. The lowest BCUT2D eigenvalue weighted by molar-refractivity contribution is -0.157. The van der Waals surface area contributed by atoms with Crippen molar-refractivity contribution in [2.45, 2.75) is 84.7 Å². The van der Waals surface area contributed by atoms with Gasteiger partial charge in [0.2, 0.25) is 0 Å². The molecule has 0 aromatic heterocycles. The number of hydrogen-bond acceptors (Lipinski definition) is 2. The van der Waals surface area contributed by atoms with Gasteiger partial charge in [0.1, 0.15) is 5.78 Å². The molecule has 1 N–H and O–H groups in total. The van der Waals surface area contributed by atoms with Gasteiger partial charge >= 0.3 is 0 Å². The molecule has 4 saturated carbocycles. The average molecular weight is 319 g/mol. The summed E-state index contributed by atoms with van der Waals surface area (Å²) < 4.78 is 0. The molecule has 0 heterocycles. The fourth-order valence-electron chi connectivity index (χ4n) is 7.90. The monoisotopic (exact) mass is 318 g/mol. The highest BCUT2D eigenvalue weighted by Crippen LogP contribution is 2.67. The van der Waals surface area contributed by atoms with Crippen LogP contribution in [-0.4, -0.2) is 17.0 Å². The zero-order chi connectivity index (χ0) is 16.4. The number of ketones is 1. The molecule has 4 fully saturated rings. The summed E-state index contributed by atoms with van der Waals surface area (Å²) in [6.45, 7) is 7.20. The van der Waals surface area contributed by atoms with Gasteiger partial charge in [0.15, 0.2) is 0 Å². The van der Waals surface area contributed by atoms with Crippen molar-refractivity contribution < 1.29 is 9.90 Å². The van der Waals surface area contributed by atoms with Crippen molar-refractivity contribution in [3.05, 3.63) is 0 Å². The van der Waals surface area contributed by atoms with Gasteiger partial charge in [-0.25, -0.2) is 0 Å². The third-order valence-corrected chi connectivity index (χ3v) is 9.07. The van der Waals surface area contributed by atoms with E-state index in [9.17, 15) is 9.90 Å². The topological polar surface area (TPSA) is 37.3 Å². The molecular weight excluding hydrogens is 284 g/mol. The molecule has 0 aromatic rings. The van der Waals surface area contributed by atoms with Crippen LogP contribution in [0.15, 0.2) is 0 Å². The molecule has 0 aliphatic heterocycles. The van der Waals surface area contributed by atoms with E-state index in [2.05, 4.69) is 20.8 Å². The van der Waals surface area contributed by atoms with Gasteiger partial charge in [-0.3, -0.25) is 4.79 Å². The second kappa shape index (κ2) is 5.31. The smallest absolute Gasteiger partial charge is 0.133 e. The summed E-state index contributed by atoms with van der Waals surface area (Å²) in [6, 6.07) is 0. The number of hydrogen-bond donors (Lipinski definition) is 1. The second-order valence-corrected chi connectivity index (χ2v) is 9.80. The number of aliphatic hydroxyl groups excluding tert-OH is 1.